The van der Waals surface area contributed by atoms with E-state index in [4.69, 9.17) is 5.11 Å². The van der Waals surface area contributed by atoms with Crippen LogP contribution in [0.25, 0.3) is 0 Å². The molecule has 1 aromatic heterocycles. The molecule has 0 saturated carbocycles. The van der Waals surface area contributed by atoms with Crippen LogP contribution in [0.4, 0.5) is 8.78 Å². The Bertz CT molecular complexity index is 348. The van der Waals surface area contributed by atoms with Crippen LogP contribution in [-0.2, 0) is 10.2 Å². The largest absolute Gasteiger partial charge is 0.480 e. The molecule has 0 unspecified atom stereocenters. The van der Waals surface area contributed by atoms with E-state index in [1.807, 2.05) is 0 Å². The normalized spacial score (nSPS) is 12.1. The molecule has 0 bridgehead atoms. The average molecular weight is 206 g/mol. The third-order valence-electron chi connectivity index (χ3n) is 1.70. The monoisotopic (exact) mass is 206 g/mol. The van der Waals surface area contributed by atoms with E-state index in [-0.39, 0.29) is 5.89 Å². The number of carboxylic acid groups (broad SMARTS) is 1. The minimum Gasteiger partial charge on any atom is -0.480 e. The van der Waals surface area contributed by atoms with Gasteiger partial charge >= 0.3 is 12.4 Å². The minimum atomic E-state index is -2.89. The Morgan fingerprint density at radius 1 is 1.50 bits per heavy atom. The topological polar surface area (TPSA) is 76.2 Å². The number of hydrogen-bond acceptors (Lipinski definition) is 4. The molecular weight excluding hydrogens is 198 g/mol. The molecular formula is C7H8F2N2O3. The number of carbonyl (C=O) groups is 1. The van der Waals surface area contributed by atoms with Crippen molar-refractivity contribution in [2.45, 2.75) is 25.7 Å². The molecule has 0 aliphatic heterocycles. The molecule has 0 aliphatic rings. The number of carboxylic acids is 1. The number of aromatic nitrogens is 2. The van der Waals surface area contributed by atoms with E-state index in [9.17, 15) is 13.6 Å². The van der Waals surface area contributed by atoms with Gasteiger partial charge in [0.05, 0.1) is 0 Å². The highest BCUT2D eigenvalue weighted by Crippen LogP contribution is 2.25. The Morgan fingerprint density at radius 3 is 2.43 bits per heavy atom. The molecule has 0 aromatic carbocycles. The van der Waals surface area contributed by atoms with Crippen molar-refractivity contribution >= 4 is 5.97 Å². The van der Waals surface area contributed by atoms with Crippen LogP contribution in [0.2, 0.25) is 0 Å². The summed E-state index contributed by atoms with van der Waals surface area (Å²) in [4.78, 5) is 10.7. The van der Waals surface area contributed by atoms with E-state index in [2.05, 4.69) is 14.6 Å². The number of rotatable bonds is 3. The lowest BCUT2D eigenvalue weighted by atomic mass is 9.94. The van der Waals surface area contributed by atoms with Gasteiger partial charge < -0.3 is 9.52 Å². The number of halogens is 2. The van der Waals surface area contributed by atoms with Crippen molar-refractivity contribution in [2.24, 2.45) is 0 Å². The SMILES string of the molecule is CC(C)(C(=O)O)c1nnc(C(F)F)o1. The molecule has 1 rings (SSSR count). The van der Waals surface area contributed by atoms with Gasteiger partial charge in [-0.15, -0.1) is 10.2 Å². The molecule has 0 spiro atoms. The second kappa shape index (κ2) is 3.32. The molecule has 0 aliphatic carbocycles. The zero-order valence-corrected chi connectivity index (χ0v) is 7.49. The standard InChI is InChI=1S/C7H8F2N2O3/c1-7(2,6(12)13)5-11-10-4(14-5)3(8)9/h3H,1-2H3,(H,12,13). The van der Waals surface area contributed by atoms with Gasteiger partial charge in [0.1, 0.15) is 5.41 Å². The summed E-state index contributed by atoms with van der Waals surface area (Å²) in [7, 11) is 0. The minimum absolute atomic E-state index is 0.333. The molecule has 0 amide bonds. The molecule has 1 aromatic rings. The first-order chi connectivity index (χ1) is 6.35. The summed E-state index contributed by atoms with van der Waals surface area (Å²) < 4.78 is 28.6. The first kappa shape index (κ1) is 10.6. The van der Waals surface area contributed by atoms with E-state index < -0.39 is 23.7 Å². The fourth-order valence-corrected chi connectivity index (χ4v) is 0.667. The lowest BCUT2D eigenvalue weighted by molar-refractivity contribution is -0.143. The maximum absolute atomic E-state index is 12.0. The summed E-state index contributed by atoms with van der Waals surface area (Å²) >= 11 is 0. The van der Waals surface area contributed by atoms with E-state index >= 15 is 0 Å². The van der Waals surface area contributed by atoms with Gasteiger partial charge in [0.2, 0.25) is 5.89 Å². The summed E-state index contributed by atoms with van der Waals surface area (Å²) in [6.07, 6.45) is -2.89. The molecule has 1 heterocycles. The van der Waals surface area contributed by atoms with E-state index in [0.717, 1.165) is 0 Å². The van der Waals surface area contributed by atoms with Crippen molar-refractivity contribution in [3.63, 3.8) is 0 Å². The smallest absolute Gasteiger partial charge is 0.318 e. The first-order valence-electron chi connectivity index (χ1n) is 3.71. The van der Waals surface area contributed by atoms with Gasteiger partial charge in [-0.1, -0.05) is 0 Å². The number of hydrogen-bond donors (Lipinski definition) is 1. The summed E-state index contributed by atoms with van der Waals surface area (Å²) in [5.74, 6) is -2.42. The van der Waals surface area contributed by atoms with Crippen LogP contribution in [-0.4, -0.2) is 21.3 Å². The van der Waals surface area contributed by atoms with Gasteiger partial charge in [-0.25, -0.2) is 0 Å². The maximum Gasteiger partial charge on any atom is 0.318 e. The van der Waals surface area contributed by atoms with E-state index in [1.165, 1.54) is 13.8 Å². The molecule has 0 atom stereocenters. The fourth-order valence-electron chi connectivity index (χ4n) is 0.667. The second-order valence-electron chi connectivity index (χ2n) is 3.18. The zero-order chi connectivity index (χ0) is 10.9. The highest BCUT2D eigenvalue weighted by molar-refractivity contribution is 5.78. The predicted octanol–water partition coefficient (Wildman–Crippen LogP) is 1.37. The van der Waals surface area contributed by atoms with E-state index in [1.54, 1.807) is 0 Å². The zero-order valence-electron chi connectivity index (χ0n) is 7.49. The van der Waals surface area contributed by atoms with Crippen molar-refractivity contribution in [3.8, 4) is 0 Å². The molecule has 78 valence electrons. The Balaban J connectivity index is 3.03. The van der Waals surface area contributed by atoms with Gasteiger partial charge in [0.25, 0.3) is 5.89 Å². The maximum atomic E-state index is 12.0. The van der Waals surface area contributed by atoms with Crippen LogP contribution in [0.1, 0.15) is 32.1 Å². The molecule has 5 nitrogen and oxygen atoms in total. The lowest BCUT2D eigenvalue weighted by Gasteiger charge is -2.12. The Labute approximate surface area is 77.7 Å². The number of aliphatic carboxylic acids is 1. The third kappa shape index (κ3) is 1.70. The summed E-state index contributed by atoms with van der Waals surface area (Å²) in [6.45, 7) is 2.58. The van der Waals surface area contributed by atoms with Crippen molar-refractivity contribution in [3.05, 3.63) is 11.8 Å². The molecule has 1 N–H and O–H groups in total. The van der Waals surface area contributed by atoms with Crippen LogP contribution < -0.4 is 0 Å². The lowest BCUT2D eigenvalue weighted by Crippen LogP contribution is -2.28. The van der Waals surface area contributed by atoms with Gasteiger partial charge in [-0.3, -0.25) is 4.79 Å². The molecule has 7 heteroatoms. The second-order valence-corrected chi connectivity index (χ2v) is 3.18. The predicted molar refractivity (Wildman–Crippen MR) is 39.9 cm³/mol. The summed E-state index contributed by atoms with van der Waals surface area (Å²) in [6, 6.07) is 0. The highest BCUT2D eigenvalue weighted by Gasteiger charge is 2.36. The molecule has 0 saturated heterocycles. The third-order valence-corrected chi connectivity index (χ3v) is 1.70. The van der Waals surface area contributed by atoms with Crippen molar-refractivity contribution < 1.29 is 23.1 Å². The first-order valence-corrected chi connectivity index (χ1v) is 3.71. The van der Waals surface area contributed by atoms with Crippen LogP contribution >= 0.6 is 0 Å². The molecule has 14 heavy (non-hydrogen) atoms. The average Bonchev–Trinajstić information content (AvgIpc) is 2.51. The Kier molecular flexibility index (Phi) is 2.50. The Hall–Kier alpha value is -1.53. The van der Waals surface area contributed by atoms with Crippen molar-refractivity contribution in [1.82, 2.24) is 10.2 Å². The quantitative estimate of drug-likeness (QED) is 0.808. The van der Waals surface area contributed by atoms with Crippen molar-refractivity contribution in [1.29, 1.82) is 0 Å². The molecule has 0 fully saturated rings. The van der Waals surface area contributed by atoms with Gasteiger partial charge in [-0.2, -0.15) is 8.78 Å². The van der Waals surface area contributed by atoms with Gasteiger partial charge in [0.15, 0.2) is 0 Å². The number of nitrogens with zero attached hydrogens (tertiary/aromatic N) is 2. The Morgan fingerprint density at radius 2 is 2.07 bits per heavy atom. The van der Waals surface area contributed by atoms with Crippen LogP contribution in [0.5, 0.6) is 0 Å². The number of alkyl halides is 2. The summed E-state index contributed by atoms with van der Waals surface area (Å²) in [5, 5.41) is 15.0. The van der Waals surface area contributed by atoms with Crippen LogP contribution in [0.3, 0.4) is 0 Å². The highest BCUT2D eigenvalue weighted by atomic mass is 19.3. The van der Waals surface area contributed by atoms with E-state index in [0.29, 0.717) is 0 Å². The van der Waals surface area contributed by atoms with Crippen LogP contribution in [0.15, 0.2) is 4.42 Å². The van der Waals surface area contributed by atoms with Gasteiger partial charge in [-0.05, 0) is 13.8 Å². The van der Waals surface area contributed by atoms with Crippen molar-refractivity contribution in [2.75, 3.05) is 0 Å². The van der Waals surface area contributed by atoms with Crippen LogP contribution in [0, 0.1) is 0 Å². The van der Waals surface area contributed by atoms with Gasteiger partial charge in [0, 0.05) is 0 Å². The fraction of sp³-hybridized carbons (Fsp3) is 0.571. The summed E-state index contributed by atoms with van der Waals surface area (Å²) in [5.41, 5.74) is -1.46. The molecule has 0 radical (unpaired) electrons.